The van der Waals surface area contributed by atoms with E-state index in [0.29, 0.717) is 40.1 Å². The summed E-state index contributed by atoms with van der Waals surface area (Å²) in [7, 11) is 4.51. The van der Waals surface area contributed by atoms with Crippen molar-refractivity contribution in [1.29, 1.82) is 0 Å². The van der Waals surface area contributed by atoms with Crippen LogP contribution in [0.5, 0.6) is 17.2 Å². The number of carboxylic acid groups (broad SMARTS) is 1. The predicted octanol–water partition coefficient (Wildman–Crippen LogP) is 2.59. The number of carbonyl (C=O) groups is 1. The number of methoxy groups -OCH3 is 3. The normalized spacial score (nSPS) is 15.8. The number of ether oxygens (including phenoxy) is 3. The minimum atomic E-state index is -0.937. The molecule has 0 heterocycles. The zero-order valence-electron chi connectivity index (χ0n) is 10.9. The van der Waals surface area contributed by atoms with Crippen LogP contribution >= 0.6 is 15.9 Å². The maximum atomic E-state index is 11.6. The molecule has 5 nitrogen and oxygen atoms in total. The summed E-state index contributed by atoms with van der Waals surface area (Å²) in [6, 6.07) is 1.71. The van der Waals surface area contributed by atoms with Gasteiger partial charge in [0.2, 0.25) is 0 Å². The molecule has 1 aliphatic rings. The van der Waals surface area contributed by atoms with Crippen LogP contribution in [0.1, 0.15) is 18.4 Å². The molecule has 0 radical (unpaired) electrons. The van der Waals surface area contributed by atoms with Crippen LogP contribution in [0.4, 0.5) is 0 Å². The van der Waals surface area contributed by atoms with Crippen LogP contribution in [-0.4, -0.2) is 32.4 Å². The summed E-state index contributed by atoms with van der Waals surface area (Å²) in [6.45, 7) is 0. The highest BCUT2D eigenvalue weighted by Crippen LogP contribution is 2.58. The van der Waals surface area contributed by atoms with Crippen molar-refractivity contribution in [2.24, 2.45) is 0 Å². The Morgan fingerprint density at radius 2 is 1.79 bits per heavy atom. The minimum absolute atomic E-state index is 0.419. The Balaban J connectivity index is 2.75. The van der Waals surface area contributed by atoms with Gasteiger partial charge in [0.05, 0.1) is 31.4 Å². The zero-order valence-corrected chi connectivity index (χ0v) is 12.5. The Hall–Kier alpha value is -1.43. The molecule has 0 amide bonds. The maximum Gasteiger partial charge on any atom is 0.314 e. The monoisotopic (exact) mass is 330 g/mol. The molecule has 1 aliphatic carbocycles. The molecule has 0 saturated heterocycles. The highest BCUT2D eigenvalue weighted by atomic mass is 79.9. The van der Waals surface area contributed by atoms with Gasteiger partial charge >= 0.3 is 5.97 Å². The second-order valence-corrected chi connectivity index (χ2v) is 5.24. The third-order valence-electron chi connectivity index (χ3n) is 3.42. The van der Waals surface area contributed by atoms with Gasteiger partial charge in [0.15, 0.2) is 11.5 Å². The number of halogens is 1. The highest BCUT2D eigenvalue weighted by molar-refractivity contribution is 9.10. The van der Waals surface area contributed by atoms with Crippen molar-refractivity contribution in [2.45, 2.75) is 18.3 Å². The van der Waals surface area contributed by atoms with Crippen molar-refractivity contribution in [3.63, 3.8) is 0 Å². The minimum Gasteiger partial charge on any atom is -0.495 e. The van der Waals surface area contributed by atoms with Crippen molar-refractivity contribution in [3.8, 4) is 17.2 Å². The zero-order chi connectivity index (χ0) is 14.2. The van der Waals surface area contributed by atoms with Crippen LogP contribution in [0, 0.1) is 0 Å². The number of benzene rings is 1. The van der Waals surface area contributed by atoms with Crippen LogP contribution in [-0.2, 0) is 10.2 Å². The SMILES string of the molecule is COc1cc(Br)c(OC)c(C2(C(=O)O)CC2)c1OC. The number of aliphatic carboxylic acids is 1. The first-order chi connectivity index (χ1) is 9.01. The largest absolute Gasteiger partial charge is 0.495 e. The van der Waals surface area contributed by atoms with Gasteiger partial charge in [-0.25, -0.2) is 0 Å². The Morgan fingerprint density at radius 1 is 1.21 bits per heavy atom. The fraction of sp³-hybridized carbons (Fsp3) is 0.462. The molecule has 0 atom stereocenters. The van der Waals surface area contributed by atoms with Gasteiger partial charge < -0.3 is 19.3 Å². The van der Waals surface area contributed by atoms with Gasteiger partial charge in [-0.1, -0.05) is 0 Å². The van der Waals surface area contributed by atoms with Crippen LogP contribution in [0.2, 0.25) is 0 Å². The Bertz CT molecular complexity index is 522. The van der Waals surface area contributed by atoms with E-state index < -0.39 is 11.4 Å². The van der Waals surface area contributed by atoms with Crippen LogP contribution in [0.3, 0.4) is 0 Å². The summed E-state index contributed by atoms with van der Waals surface area (Å²) in [5.41, 5.74) is -0.399. The topological polar surface area (TPSA) is 65.0 Å². The summed E-state index contributed by atoms with van der Waals surface area (Å²) < 4.78 is 16.6. The summed E-state index contributed by atoms with van der Waals surface area (Å²) >= 11 is 3.38. The second kappa shape index (κ2) is 4.92. The van der Waals surface area contributed by atoms with Crippen molar-refractivity contribution >= 4 is 21.9 Å². The van der Waals surface area contributed by atoms with E-state index in [0.717, 1.165) is 0 Å². The number of rotatable bonds is 5. The molecule has 1 aromatic rings. The summed E-state index contributed by atoms with van der Waals surface area (Å²) in [5.74, 6) is 0.516. The molecule has 104 valence electrons. The van der Waals surface area contributed by atoms with E-state index in [9.17, 15) is 9.90 Å². The van der Waals surface area contributed by atoms with Crippen LogP contribution < -0.4 is 14.2 Å². The van der Waals surface area contributed by atoms with Gasteiger partial charge in [0, 0.05) is 6.07 Å². The van der Waals surface area contributed by atoms with Crippen molar-refractivity contribution in [3.05, 3.63) is 16.1 Å². The molecule has 1 fully saturated rings. The lowest BCUT2D eigenvalue weighted by molar-refractivity contribution is -0.140. The van der Waals surface area contributed by atoms with Gasteiger partial charge in [0.25, 0.3) is 0 Å². The molecular weight excluding hydrogens is 316 g/mol. The first-order valence-corrected chi connectivity index (χ1v) is 6.53. The van der Waals surface area contributed by atoms with E-state index in [-0.39, 0.29) is 0 Å². The summed E-state index contributed by atoms with van der Waals surface area (Å²) in [4.78, 5) is 11.6. The van der Waals surface area contributed by atoms with Gasteiger partial charge in [-0.15, -0.1) is 0 Å². The van der Waals surface area contributed by atoms with Crippen molar-refractivity contribution < 1.29 is 24.1 Å². The van der Waals surface area contributed by atoms with Gasteiger partial charge in [-0.3, -0.25) is 4.79 Å². The third-order valence-corrected chi connectivity index (χ3v) is 4.01. The first kappa shape index (κ1) is 14.0. The van der Waals surface area contributed by atoms with Crippen LogP contribution in [0.25, 0.3) is 0 Å². The van der Waals surface area contributed by atoms with Gasteiger partial charge in [-0.05, 0) is 28.8 Å². The molecular formula is C13H15BrO5. The number of hydrogen-bond donors (Lipinski definition) is 1. The third kappa shape index (κ3) is 2.04. The molecule has 0 bridgehead atoms. The fourth-order valence-electron chi connectivity index (χ4n) is 2.28. The Labute approximate surface area is 119 Å². The van der Waals surface area contributed by atoms with E-state index >= 15 is 0 Å². The lowest BCUT2D eigenvalue weighted by Crippen LogP contribution is -2.21. The quantitative estimate of drug-likeness (QED) is 0.898. The van der Waals surface area contributed by atoms with Gasteiger partial charge in [-0.2, -0.15) is 0 Å². The molecule has 19 heavy (non-hydrogen) atoms. The highest BCUT2D eigenvalue weighted by Gasteiger charge is 2.56. The van der Waals surface area contributed by atoms with Crippen molar-refractivity contribution in [1.82, 2.24) is 0 Å². The molecule has 0 aliphatic heterocycles. The molecule has 1 N–H and O–H groups in total. The number of carboxylic acids is 1. The molecule has 0 aromatic heterocycles. The average Bonchev–Trinajstić information content (AvgIpc) is 3.18. The molecule has 6 heteroatoms. The predicted molar refractivity (Wildman–Crippen MR) is 72.3 cm³/mol. The molecule has 1 saturated carbocycles. The van der Waals surface area contributed by atoms with Crippen LogP contribution in [0.15, 0.2) is 10.5 Å². The van der Waals surface area contributed by atoms with E-state index in [1.165, 1.54) is 21.3 Å². The molecule has 0 unspecified atom stereocenters. The lowest BCUT2D eigenvalue weighted by Gasteiger charge is -2.21. The summed E-state index contributed by atoms with van der Waals surface area (Å²) in [5, 5.41) is 9.48. The summed E-state index contributed by atoms with van der Waals surface area (Å²) in [6.07, 6.45) is 1.13. The first-order valence-electron chi connectivity index (χ1n) is 5.74. The van der Waals surface area contributed by atoms with E-state index in [2.05, 4.69) is 15.9 Å². The second-order valence-electron chi connectivity index (χ2n) is 4.39. The standard InChI is InChI=1S/C13H15BrO5/c1-17-8-6-7(14)10(18-2)9(11(8)19-3)13(4-5-13)12(15)16/h6H,4-5H2,1-3H3,(H,15,16). The van der Waals surface area contributed by atoms with E-state index in [1.54, 1.807) is 6.07 Å². The Morgan fingerprint density at radius 3 is 2.16 bits per heavy atom. The number of hydrogen-bond acceptors (Lipinski definition) is 4. The molecule has 1 aromatic carbocycles. The lowest BCUT2D eigenvalue weighted by atomic mass is 9.93. The molecule has 2 rings (SSSR count). The van der Waals surface area contributed by atoms with E-state index in [1.807, 2.05) is 0 Å². The van der Waals surface area contributed by atoms with Gasteiger partial charge in [0.1, 0.15) is 11.2 Å². The average molecular weight is 331 g/mol. The Kier molecular flexibility index (Phi) is 3.62. The maximum absolute atomic E-state index is 11.6. The van der Waals surface area contributed by atoms with E-state index in [4.69, 9.17) is 14.2 Å². The molecule has 0 spiro atoms. The fourth-order valence-corrected chi connectivity index (χ4v) is 2.84. The smallest absolute Gasteiger partial charge is 0.314 e. The van der Waals surface area contributed by atoms with Crippen molar-refractivity contribution in [2.75, 3.05) is 21.3 Å².